The molecule has 2 aliphatic rings. The highest BCUT2D eigenvalue weighted by Gasteiger charge is 2.25. The summed E-state index contributed by atoms with van der Waals surface area (Å²) in [4.78, 5) is 21.7. The van der Waals surface area contributed by atoms with Gasteiger partial charge in [0.15, 0.2) is 4.80 Å². The summed E-state index contributed by atoms with van der Waals surface area (Å²) in [6, 6.07) is 18.1. The maximum Gasteiger partial charge on any atom is 0.272 e. The quantitative estimate of drug-likeness (QED) is 0.439. The van der Waals surface area contributed by atoms with E-state index in [1.54, 1.807) is 23.5 Å². The molecule has 1 atom stereocenters. The number of nitrogens with zero attached hydrogens (tertiary/aromatic N) is 2. The Kier molecular flexibility index (Phi) is 5.39. The Morgan fingerprint density at radius 1 is 0.967 bits per heavy atom. The zero-order chi connectivity index (χ0) is 20.8. The van der Waals surface area contributed by atoms with Crippen LogP contribution in [-0.4, -0.2) is 4.57 Å². The number of thioether (sulfide) groups is 2. The number of benzene rings is 2. The van der Waals surface area contributed by atoms with Crippen molar-refractivity contribution in [3.8, 4) is 0 Å². The molecule has 3 nitrogen and oxygen atoms in total. The molecule has 3 aromatic rings. The van der Waals surface area contributed by atoms with E-state index in [1.807, 2.05) is 34.9 Å². The summed E-state index contributed by atoms with van der Waals surface area (Å²) in [6.07, 6.45) is 2.10. The lowest BCUT2D eigenvalue weighted by Crippen LogP contribution is -2.36. The molecule has 5 rings (SSSR count). The number of aromatic nitrogens is 1. The normalized spacial score (nSPS) is 18.3. The summed E-state index contributed by atoms with van der Waals surface area (Å²) >= 11 is 8.38. The standard InChI is InChI=1S/C23H17BrN2OS3/c1-13-14(2)29-22(28-13)20-21(27)26-19(16-6-4-3-5-7-16)12-18(25-23(26)30-20)15-8-10-17(24)11-9-15/h3-12,19H,1-2H3. The Balaban J connectivity index is 1.74. The van der Waals surface area contributed by atoms with Gasteiger partial charge >= 0.3 is 0 Å². The minimum atomic E-state index is -0.179. The molecule has 1 unspecified atom stereocenters. The number of hydrogen-bond donors (Lipinski definition) is 0. The highest BCUT2D eigenvalue weighted by atomic mass is 79.9. The molecule has 0 spiro atoms. The van der Waals surface area contributed by atoms with Crippen molar-refractivity contribution in [1.29, 1.82) is 0 Å². The fourth-order valence-corrected chi connectivity index (χ4v) is 7.43. The summed E-state index contributed by atoms with van der Waals surface area (Å²) in [5.74, 6) is 0. The molecule has 0 aliphatic carbocycles. The lowest BCUT2D eigenvalue weighted by molar-refractivity contribution is 0.644. The summed E-state index contributed by atoms with van der Waals surface area (Å²) < 4.78 is 4.72. The van der Waals surface area contributed by atoms with Crippen LogP contribution in [0.15, 0.2) is 84.7 Å². The maximum absolute atomic E-state index is 13.5. The van der Waals surface area contributed by atoms with E-state index in [2.05, 4.69) is 60.1 Å². The van der Waals surface area contributed by atoms with Gasteiger partial charge in [0, 0.05) is 10.0 Å². The van der Waals surface area contributed by atoms with Crippen LogP contribution in [0.5, 0.6) is 0 Å². The molecular formula is C23H17BrN2OS3. The van der Waals surface area contributed by atoms with Crippen LogP contribution in [0.2, 0.25) is 0 Å². The van der Waals surface area contributed by atoms with E-state index in [9.17, 15) is 4.79 Å². The largest absolute Gasteiger partial charge is 0.272 e. The second-order valence-corrected chi connectivity index (χ2v) is 11.6. The van der Waals surface area contributed by atoms with Gasteiger partial charge in [0.2, 0.25) is 0 Å². The molecule has 150 valence electrons. The van der Waals surface area contributed by atoms with Crippen LogP contribution in [0.25, 0.3) is 9.93 Å². The van der Waals surface area contributed by atoms with Crippen molar-refractivity contribution in [2.45, 2.75) is 19.9 Å². The Bertz CT molecular complexity index is 1370. The predicted molar refractivity (Wildman–Crippen MR) is 133 cm³/mol. The van der Waals surface area contributed by atoms with Crippen molar-refractivity contribution >= 4 is 60.7 Å². The summed E-state index contributed by atoms with van der Waals surface area (Å²) in [7, 11) is 0. The smallest absolute Gasteiger partial charge is 0.272 e. The van der Waals surface area contributed by atoms with Gasteiger partial charge < -0.3 is 0 Å². The third-order valence-corrected chi connectivity index (χ3v) is 9.55. The topological polar surface area (TPSA) is 34.4 Å². The molecule has 3 heterocycles. The fraction of sp³-hybridized carbons (Fsp3) is 0.130. The van der Waals surface area contributed by atoms with Crippen molar-refractivity contribution < 1.29 is 0 Å². The average Bonchev–Trinajstić information content (AvgIpc) is 3.27. The number of thiazole rings is 1. The van der Waals surface area contributed by atoms with Gasteiger partial charge in [-0.15, -0.1) is 0 Å². The number of hydrogen-bond acceptors (Lipinski definition) is 5. The fourth-order valence-electron chi connectivity index (χ4n) is 3.41. The Hall–Kier alpha value is -1.80. The average molecular weight is 514 g/mol. The van der Waals surface area contributed by atoms with Gasteiger partial charge in [-0.25, -0.2) is 4.99 Å². The minimum absolute atomic E-state index is 0.0382. The van der Waals surface area contributed by atoms with Crippen LogP contribution in [0.3, 0.4) is 0 Å². The molecule has 2 aliphatic heterocycles. The minimum Gasteiger partial charge on any atom is -0.272 e. The van der Waals surface area contributed by atoms with Crippen LogP contribution in [0.4, 0.5) is 0 Å². The molecule has 0 saturated heterocycles. The summed E-state index contributed by atoms with van der Waals surface area (Å²) in [5.41, 5.74) is 3.05. The van der Waals surface area contributed by atoms with Gasteiger partial charge in [0.25, 0.3) is 5.56 Å². The molecule has 30 heavy (non-hydrogen) atoms. The van der Waals surface area contributed by atoms with Crippen molar-refractivity contribution in [1.82, 2.24) is 4.57 Å². The Morgan fingerprint density at radius 2 is 1.63 bits per heavy atom. The SMILES string of the molecule is CC1=C(C)SC(=c2sc3n(c2=O)C(c2ccccc2)C=C(c2ccc(Br)cc2)N=3)S1. The maximum atomic E-state index is 13.5. The van der Waals surface area contributed by atoms with E-state index in [1.165, 1.54) is 21.1 Å². The zero-order valence-electron chi connectivity index (χ0n) is 16.3. The molecule has 0 N–H and O–H groups in total. The lowest BCUT2D eigenvalue weighted by Gasteiger charge is -2.19. The first kappa shape index (κ1) is 20.1. The van der Waals surface area contributed by atoms with Crippen molar-refractivity contribution in [2.24, 2.45) is 4.99 Å². The number of allylic oxidation sites excluding steroid dienone is 3. The van der Waals surface area contributed by atoms with Crippen LogP contribution >= 0.6 is 50.8 Å². The predicted octanol–water partition coefficient (Wildman–Crippen LogP) is 5.73. The monoisotopic (exact) mass is 512 g/mol. The van der Waals surface area contributed by atoms with E-state index in [0.717, 1.165) is 34.9 Å². The summed E-state index contributed by atoms with van der Waals surface area (Å²) in [6.45, 7) is 4.21. The highest BCUT2D eigenvalue weighted by molar-refractivity contribution is 9.10. The molecule has 0 amide bonds. The molecule has 7 heteroatoms. The van der Waals surface area contributed by atoms with E-state index in [4.69, 9.17) is 4.99 Å². The second kappa shape index (κ2) is 8.04. The number of rotatable bonds is 2. The van der Waals surface area contributed by atoms with Crippen molar-refractivity contribution in [2.75, 3.05) is 0 Å². The van der Waals surface area contributed by atoms with Gasteiger partial charge in [-0.1, -0.05) is 93.3 Å². The lowest BCUT2D eigenvalue weighted by atomic mass is 10.0. The summed E-state index contributed by atoms with van der Waals surface area (Å²) in [5, 5.41) is 0. The van der Waals surface area contributed by atoms with Crippen molar-refractivity contribution in [3.63, 3.8) is 0 Å². The molecule has 0 saturated carbocycles. The number of fused-ring (bicyclic) bond motifs is 1. The van der Waals surface area contributed by atoms with E-state index in [-0.39, 0.29) is 11.6 Å². The first-order chi connectivity index (χ1) is 14.5. The van der Waals surface area contributed by atoms with Crippen molar-refractivity contribution in [3.05, 3.63) is 106 Å². The van der Waals surface area contributed by atoms with Gasteiger partial charge in [0.1, 0.15) is 4.53 Å². The molecular weight excluding hydrogens is 496 g/mol. The van der Waals surface area contributed by atoms with E-state index < -0.39 is 0 Å². The number of halogens is 1. The molecule has 0 radical (unpaired) electrons. The molecule has 2 aromatic carbocycles. The van der Waals surface area contributed by atoms with Gasteiger partial charge in [-0.05, 0) is 47.4 Å². The van der Waals surface area contributed by atoms with Gasteiger partial charge in [0.05, 0.1) is 16.0 Å². The van der Waals surface area contributed by atoms with Crippen LogP contribution in [-0.2, 0) is 0 Å². The van der Waals surface area contributed by atoms with Crippen LogP contribution in [0.1, 0.15) is 31.0 Å². The Labute approximate surface area is 195 Å². The van der Waals surface area contributed by atoms with Gasteiger partial charge in [-0.2, -0.15) is 0 Å². The van der Waals surface area contributed by atoms with Crippen LogP contribution in [0, 0.1) is 0 Å². The zero-order valence-corrected chi connectivity index (χ0v) is 20.3. The third-order valence-electron chi connectivity index (χ3n) is 5.08. The third kappa shape index (κ3) is 3.58. The molecule has 0 fully saturated rings. The van der Waals surface area contributed by atoms with Crippen LogP contribution < -0.4 is 14.9 Å². The first-order valence-electron chi connectivity index (χ1n) is 9.41. The highest BCUT2D eigenvalue weighted by Crippen LogP contribution is 2.48. The molecule has 1 aromatic heterocycles. The van der Waals surface area contributed by atoms with Gasteiger partial charge in [-0.3, -0.25) is 9.36 Å². The first-order valence-corrected chi connectivity index (χ1v) is 12.7. The Morgan fingerprint density at radius 3 is 2.30 bits per heavy atom. The molecule has 0 bridgehead atoms. The second-order valence-electron chi connectivity index (χ2n) is 7.02. The van der Waals surface area contributed by atoms with E-state index in [0.29, 0.717) is 0 Å². The van der Waals surface area contributed by atoms with E-state index >= 15 is 0 Å².